The van der Waals surface area contributed by atoms with Gasteiger partial charge in [-0.05, 0) is 33.6 Å². The predicted octanol–water partition coefficient (Wildman–Crippen LogP) is 0.479. The number of rotatable bonds is 6. The van der Waals surface area contributed by atoms with Crippen molar-refractivity contribution in [1.82, 2.24) is 14.7 Å². The van der Waals surface area contributed by atoms with Crippen molar-refractivity contribution in [2.75, 3.05) is 59.9 Å². The lowest BCUT2D eigenvalue weighted by atomic mass is 10.2. The Morgan fingerprint density at radius 3 is 2.32 bits per heavy atom. The molecule has 1 heterocycles. The van der Waals surface area contributed by atoms with Gasteiger partial charge in [-0.3, -0.25) is 0 Å². The highest BCUT2D eigenvalue weighted by Crippen LogP contribution is 2.20. The van der Waals surface area contributed by atoms with Gasteiger partial charge in [0.05, 0.1) is 0 Å². The molecule has 0 radical (unpaired) electrons. The predicted molar refractivity (Wildman–Crippen MR) is 68.1 cm³/mol. The molecule has 0 aliphatic carbocycles. The third kappa shape index (κ3) is 6.56. The molecule has 0 aromatic carbocycles. The van der Waals surface area contributed by atoms with Gasteiger partial charge in [0, 0.05) is 32.7 Å². The maximum atomic E-state index is 12.2. The zero-order valence-electron chi connectivity index (χ0n) is 11.7. The van der Waals surface area contributed by atoms with Crippen LogP contribution >= 0.6 is 0 Å². The molecular weight excluding hydrogens is 259 g/mol. The fourth-order valence-electron chi connectivity index (χ4n) is 2.13. The van der Waals surface area contributed by atoms with Gasteiger partial charge in [-0.1, -0.05) is 0 Å². The fourth-order valence-corrected chi connectivity index (χ4v) is 2.13. The van der Waals surface area contributed by atoms with E-state index in [9.17, 15) is 13.2 Å². The van der Waals surface area contributed by atoms with Crippen molar-refractivity contribution >= 4 is 0 Å². The SMILES string of the molecule is CN1CCN(CCCN(C)CC(O)C(F)(F)F)CC1. The van der Waals surface area contributed by atoms with Crippen LogP contribution in [0.25, 0.3) is 0 Å². The Balaban J connectivity index is 2.12. The monoisotopic (exact) mass is 283 g/mol. The topological polar surface area (TPSA) is 30.0 Å². The van der Waals surface area contributed by atoms with Crippen molar-refractivity contribution in [3.05, 3.63) is 0 Å². The average Bonchev–Trinajstić information content (AvgIpc) is 2.30. The van der Waals surface area contributed by atoms with Gasteiger partial charge in [0.1, 0.15) is 0 Å². The Kier molecular flexibility index (Phi) is 6.52. The van der Waals surface area contributed by atoms with Crippen molar-refractivity contribution in [2.45, 2.75) is 18.7 Å². The van der Waals surface area contributed by atoms with Crippen LogP contribution in [0.3, 0.4) is 0 Å². The van der Waals surface area contributed by atoms with Crippen molar-refractivity contribution in [1.29, 1.82) is 0 Å². The van der Waals surface area contributed by atoms with Gasteiger partial charge in [-0.25, -0.2) is 0 Å². The van der Waals surface area contributed by atoms with Gasteiger partial charge >= 0.3 is 6.18 Å². The maximum absolute atomic E-state index is 12.2. The maximum Gasteiger partial charge on any atom is 0.415 e. The molecule has 0 aromatic rings. The van der Waals surface area contributed by atoms with E-state index in [2.05, 4.69) is 16.8 Å². The highest BCUT2D eigenvalue weighted by Gasteiger charge is 2.38. The molecule has 0 aromatic heterocycles. The first-order valence-corrected chi connectivity index (χ1v) is 6.63. The Morgan fingerprint density at radius 1 is 1.21 bits per heavy atom. The summed E-state index contributed by atoms with van der Waals surface area (Å²) in [7, 11) is 3.70. The highest BCUT2D eigenvalue weighted by molar-refractivity contribution is 4.71. The number of aliphatic hydroxyl groups is 1. The van der Waals surface area contributed by atoms with Crippen LogP contribution in [0.4, 0.5) is 13.2 Å². The van der Waals surface area contributed by atoms with Gasteiger partial charge in [0.25, 0.3) is 0 Å². The van der Waals surface area contributed by atoms with Crippen molar-refractivity contribution in [2.24, 2.45) is 0 Å². The third-order valence-corrected chi connectivity index (χ3v) is 3.47. The van der Waals surface area contributed by atoms with E-state index < -0.39 is 12.3 Å². The van der Waals surface area contributed by atoms with Crippen LogP contribution in [-0.2, 0) is 0 Å². The molecule has 1 atom stereocenters. The summed E-state index contributed by atoms with van der Waals surface area (Å²) in [5, 5.41) is 8.95. The van der Waals surface area contributed by atoms with Gasteiger partial charge in [0.2, 0.25) is 0 Å². The molecule has 0 amide bonds. The van der Waals surface area contributed by atoms with Gasteiger partial charge < -0.3 is 19.8 Å². The number of halogens is 3. The van der Waals surface area contributed by atoms with Crippen LogP contribution in [0.2, 0.25) is 0 Å². The molecule has 0 spiro atoms. The summed E-state index contributed by atoms with van der Waals surface area (Å²) in [6.45, 7) is 5.24. The molecule has 1 fully saturated rings. The summed E-state index contributed by atoms with van der Waals surface area (Å²) in [6.07, 6.45) is -5.95. The molecule has 114 valence electrons. The zero-order chi connectivity index (χ0) is 14.5. The van der Waals surface area contributed by atoms with Crippen LogP contribution in [0.15, 0.2) is 0 Å². The minimum Gasteiger partial charge on any atom is -0.382 e. The summed E-state index contributed by atoms with van der Waals surface area (Å²) < 4.78 is 36.5. The number of likely N-dealkylation sites (N-methyl/N-ethyl adjacent to an activating group) is 2. The average molecular weight is 283 g/mol. The first kappa shape index (κ1) is 16.7. The Morgan fingerprint density at radius 2 is 1.79 bits per heavy atom. The molecule has 0 saturated carbocycles. The number of aliphatic hydroxyl groups excluding tert-OH is 1. The molecule has 1 aliphatic heterocycles. The summed E-state index contributed by atoms with van der Waals surface area (Å²) in [6, 6.07) is 0. The third-order valence-electron chi connectivity index (χ3n) is 3.47. The summed E-state index contributed by atoms with van der Waals surface area (Å²) in [4.78, 5) is 6.13. The summed E-state index contributed by atoms with van der Waals surface area (Å²) in [5.41, 5.74) is 0. The normalized spacial score (nSPS) is 21.0. The Hall–Kier alpha value is -0.370. The van der Waals surface area contributed by atoms with Crippen LogP contribution in [0, 0.1) is 0 Å². The quantitative estimate of drug-likeness (QED) is 0.768. The van der Waals surface area contributed by atoms with E-state index in [1.165, 1.54) is 4.90 Å². The molecule has 1 unspecified atom stereocenters. The molecule has 1 aliphatic rings. The van der Waals surface area contributed by atoms with Crippen molar-refractivity contribution in [3.63, 3.8) is 0 Å². The minimum atomic E-state index is -4.52. The molecule has 1 saturated heterocycles. The number of alkyl halides is 3. The summed E-state index contributed by atoms with van der Waals surface area (Å²) in [5.74, 6) is 0. The fraction of sp³-hybridized carbons (Fsp3) is 1.00. The smallest absolute Gasteiger partial charge is 0.382 e. The molecule has 4 nitrogen and oxygen atoms in total. The van der Waals surface area contributed by atoms with E-state index in [1.54, 1.807) is 7.05 Å². The number of hydrogen-bond acceptors (Lipinski definition) is 4. The van der Waals surface area contributed by atoms with Crippen molar-refractivity contribution in [3.8, 4) is 0 Å². The summed E-state index contributed by atoms with van der Waals surface area (Å²) >= 11 is 0. The van der Waals surface area contributed by atoms with Crippen LogP contribution in [-0.4, -0.2) is 92.0 Å². The number of hydrogen-bond donors (Lipinski definition) is 1. The molecule has 0 bridgehead atoms. The lowest BCUT2D eigenvalue weighted by Gasteiger charge is -2.32. The van der Waals surface area contributed by atoms with Gasteiger partial charge in [0.15, 0.2) is 6.10 Å². The van der Waals surface area contributed by atoms with Crippen LogP contribution in [0.5, 0.6) is 0 Å². The molecule has 7 heteroatoms. The van der Waals surface area contributed by atoms with Crippen molar-refractivity contribution < 1.29 is 18.3 Å². The van der Waals surface area contributed by atoms with Crippen LogP contribution in [0.1, 0.15) is 6.42 Å². The van der Waals surface area contributed by atoms with E-state index >= 15 is 0 Å². The van der Waals surface area contributed by atoms with Gasteiger partial charge in [-0.2, -0.15) is 13.2 Å². The minimum absolute atomic E-state index is 0.355. The van der Waals surface area contributed by atoms with Gasteiger partial charge in [-0.15, -0.1) is 0 Å². The van der Waals surface area contributed by atoms with Crippen LogP contribution < -0.4 is 0 Å². The molecule has 19 heavy (non-hydrogen) atoms. The van der Waals surface area contributed by atoms with E-state index in [4.69, 9.17) is 5.11 Å². The van der Waals surface area contributed by atoms with E-state index in [1.807, 2.05) is 0 Å². The second-order valence-corrected chi connectivity index (χ2v) is 5.32. The number of piperazine rings is 1. The lowest BCUT2D eigenvalue weighted by Crippen LogP contribution is -2.45. The first-order valence-electron chi connectivity index (χ1n) is 6.63. The standard InChI is InChI=1S/C12H24F3N3O/c1-16-6-8-18(9-7-16)5-3-4-17(2)10-11(19)12(13,14)15/h11,19H,3-10H2,1-2H3. The molecule has 1 N–H and O–H groups in total. The molecule has 1 rings (SSSR count). The second kappa shape index (κ2) is 7.42. The highest BCUT2D eigenvalue weighted by atomic mass is 19.4. The zero-order valence-corrected chi connectivity index (χ0v) is 11.7. The lowest BCUT2D eigenvalue weighted by molar-refractivity contribution is -0.207. The number of nitrogens with zero attached hydrogens (tertiary/aromatic N) is 3. The largest absolute Gasteiger partial charge is 0.415 e. The van der Waals surface area contributed by atoms with E-state index in [0.717, 1.165) is 39.1 Å². The second-order valence-electron chi connectivity index (χ2n) is 5.32. The Labute approximate surface area is 112 Å². The van der Waals surface area contributed by atoms with E-state index in [0.29, 0.717) is 6.54 Å². The Bertz CT molecular complexity index is 255. The molecular formula is C12H24F3N3O. The first-order chi connectivity index (χ1) is 8.79. The van der Waals surface area contributed by atoms with E-state index in [-0.39, 0.29) is 6.54 Å².